The van der Waals surface area contributed by atoms with E-state index in [4.69, 9.17) is 23.2 Å². The highest BCUT2D eigenvalue weighted by atomic mass is 35.5. The minimum absolute atomic E-state index is 0.297. The molecule has 138 valence electrons. The Morgan fingerprint density at radius 2 is 1.71 bits per heavy atom. The van der Waals surface area contributed by atoms with Gasteiger partial charge in [-0.05, 0) is 35.0 Å². The van der Waals surface area contributed by atoms with Crippen molar-refractivity contribution in [1.29, 1.82) is 0 Å². The van der Waals surface area contributed by atoms with Crippen LogP contribution in [-0.4, -0.2) is 22.3 Å². The van der Waals surface area contributed by atoms with E-state index >= 15 is 0 Å². The van der Waals surface area contributed by atoms with Gasteiger partial charge in [0.1, 0.15) is 5.69 Å². The summed E-state index contributed by atoms with van der Waals surface area (Å²) in [6.07, 6.45) is 1.41. The van der Waals surface area contributed by atoms with Crippen molar-refractivity contribution in [3.05, 3.63) is 88.0 Å². The van der Waals surface area contributed by atoms with Crippen LogP contribution in [0.2, 0.25) is 10.0 Å². The maximum Gasteiger partial charge on any atom is 0.289 e. The summed E-state index contributed by atoms with van der Waals surface area (Å²) >= 11 is 12.1. The number of hydrazone groups is 1. The topological polar surface area (TPSA) is 70.1 Å². The summed E-state index contributed by atoms with van der Waals surface area (Å²) in [5.41, 5.74) is 4.86. The van der Waals surface area contributed by atoms with E-state index in [1.54, 1.807) is 24.3 Å². The first-order chi connectivity index (χ1) is 13.6. The third kappa shape index (κ3) is 3.76. The molecule has 0 unspecified atom stereocenters. The highest BCUT2D eigenvalue weighted by Gasteiger charge is 2.11. The van der Waals surface area contributed by atoms with Crippen molar-refractivity contribution >= 4 is 46.1 Å². The van der Waals surface area contributed by atoms with Crippen LogP contribution in [0.4, 0.5) is 0 Å². The zero-order valence-electron chi connectivity index (χ0n) is 14.5. The summed E-state index contributed by atoms with van der Waals surface area (Å²) in [6.45, 7) is 0. The minimum Gasteiger partial charge on any atom is -0.272 e. The second-order valence-corrected chi connectivity index (χ2v) is 6.88. The van der Waals surface area contributed by atoms with Gasteiger partial charge < -0.3 is 0 Å². The molecule has 0 bridgehead atoms. The van der Waals surface area contributed by atoms with Crippen LogP contribution in [0.5, 0.6) is 0 Å². The maximum atomic E-state index is 12.3. The molecule has 7 heteroatoms. The Morgan fingerprint density at radius 3 is 2.50 bits per heavy atom. The van der Waals surface area contributed by atoms with Crippen LogP contribution in [0.15, 0.2) is 71.8 Å². The first-order valence-electron chi connectivity index (χ1n) is 8.44. The van der Waals surface area contributed by atoms with Gasteiger partial charge in [-0.25, -0.2) is 5.43 Å². The van der Waals surface area contributed by atoms with Gasteiger partial charge in [-0.15, -0.1) is 0 Å². The van der Waals surface area contributed by atoms with Crippen molar-refractivity contribution in [3.63, 3.8) is 0 Å². The summed E-state index contributed by atoms with van der Waals surface area (Å²) in [5.74, 6) is -0.418. The number of carbonyl (C=O) groups is 1. The van der Waals surface area contributed by atoms with Crippen molar-refractivity contribution in [1.82, 2.24) is 15.6 Å². The number of amides is 1. The van der Waals surface area contributed by atoms with E-state index in [0.717, 1.165) is 16.3 Å². The molecular weight excluding hydrogens is 395 g/mol. The molecule has 0 radical (unpaired) electrons. The van der Waals surface area contributed by atoms with E-state index in [2.05, 4.69) is 20.7 Å². The van der Waals surface area contributed by atoms with Crippen LogP contribution in [0, 0.1) is 0 Å². The van der Waals surface area contributed by atoms with Crippen molar-refractivity contribution in [2.45, 2.75) is 0 Å². The molecule has 0 aliphatic heterocycles. The number of benzene rings is 3. The van der Waals surface area contributed by atoms with Crippen molar-refractivity contribution in [3.8, 4) is 11.3 Å². The highest BCUT2D eigenvalue weighted by molar-refractivity contribution is 6.38. The van der Waals surface area contributed by atoms with E-state index in [9.17, 15) is 4.79 Å². The fourth-order valence-corrected chi connectivity index (χ4v) is 3.28. The third-order valence-corrected chi connectivity index (χ3v) is 4.89. The monoisotopic (exact) mass is 408 g/mol. The van der Waals surface area contributed by atoms with Crippen LogP contribution in [-0.2, 0) is 0 Å². The van der Waals surface area contributed by atoms with E-state index in [1.807, 2.05) is 42.5 Å². The van der Waals surface area contributed by atoms with E-state index in [0.29, 0.717) is 27.0 Å². The van der Waals surface area contributed by atoms with Gasteiger partial charge in [0.2, 0.25) is 0 Å². The lowest BCUT2D eigenvalue weighted by molar-refractivity contribution is 0.0950. The molecule has 1 aromatic heterocycles. The predicted octanol–water partition coefficient (Wildman–Crippen LogP) is 5.30. The van der Waals surface area contributed by atoms with Crippen LogP contribution in [0.1, 0.15) is 16.1 Å². The average molecular weight is 409 g/mol. The molecule has 28 heavy (non-hydrogen) atoms. The summed E-state index contributed by atoms with van der Waals surface area (Å²) in [7, 11) is 0. The van der Waals surface area contributed by atoms with E-state index < -0.39 is 5.91 Å². The first-order valence-corrected chi connectivity index (χ1v) is 9.19. The summed E-state index contributed by atoms with van der Waals surface area (Å²) in [5, 5.41) is 14.0. The van der Waals surface area contributed by atoms with Gasteiger partial charge in [0.15, 0.2) is 0 Å². The van der Waals surface area contributed by atoms with Crippen LogP contribution >= 0.6 is 23.2 Å². The number of fused-ring (bicyclic) bond motifs is 1. The molecule has 1 amide bonds. The van der Waals surface area contributed by atoms with E-state index in [-0.39, 0.29) is 0 Å². The smallest absolute Gasteiger partial charge is 0.272 e. The standard InChI is InChI=1S/C21H14Cl2N4O/c22-17-6-3-7-18(23)16(17)12-24-27-21(28)20-11-19(25-26-20)15-9-8-13-4-1-2-5-14(13)10-15/h1-12H,(H,25,26)(H,27,28)/b24-12+. The fourth-order valence-electron chi connectivity index (χ4n) is 2.78. The van der Waals surface area contributed by atoms with Gasteiger partial charge in [-0.1, -0.05) is 65.7 Å². The fraction of sp³-hybridized carbons (Fsp3) is 0. The number of nitrogens with one attached hydrogen (secondary N) is 2. The summed E-state index contributed by atoms with van der Waals surface area (Å²) in [4.78, 5) is 12.3. The van der Waals surface area contributed by atoms with Crippen LogP contribution < -0.4 is 5.43 Å². The minimum atomic E-state index is -0.418. The number of halogens is 2. The Kier molecular flexibility index (Phi) is 5.10. The normalized spacial score (nSPS) is 11.2. The Balaban J connectivity index is 1.50. The lowest BCUT2D eigenvalue weighted by Gasteiger charge is -2.01. The summed E-state index contributed by atoms with van der Waals surface area (Å²) < 4.78 is 0. The number of H-pyrrole nitrogens is 1. The van der Waals surface area contributed by atoms with Crippen LogP contribution in [0.25, 0.3) is 22.0 Å². The van der Waals surface area contributed by atoms with Gasteiger partial charge in [-0.3, -0.25) is 9.89 Å². The molecule has 0 saturated carbocycles. The molecule has 0 spiro atoms. The molecule has 5 nitrogen and oxygen atoms in total. The largest absolute Gasteiger partial charge is 0.289 e. The van der Waals surface area contributed by atoms with Gasteiger partial charge >= 0.3 is 0 Å². The molecule has 4 aromatic rings. The first kappa shape index (κ1) is 18.2. The Hall–Kier alpha value is -3.15. The Morgan fingerprint density at radius 1 is 0.964 bits per heavy atom. The molecule has 0 aliphatic carbocycles. The quantitative estimate of drug-likeness (QED) is 0.355. The lowest BCUT2D eigenvalue weighted by Crippen LogP contribution is -2.18. The number of aromatic nitrogens is 2. The molecule has 0 aliphatic rings. The average Bonchev–Trinajstić information content (AvgIpc) is 3.20. The van der Waals surface area contributed by atoms with Crippen LogP contribution in [0.3, 0.4) is 0 Å². The number of hydrogen-bond donors (Lipinski definition) is 2. The van der Waals surface area contributed by atoms with Crippen molar-refractivity contribution < 1.29 is 4.79 Å². The molecule has 1 heterocycles. The predicted molar refractivity (Wildman–Crippen MR) is 113 cm³/mol. The Bertz CT molecular complexity index is 1180. The second kappa shape index (κ2) is 7.84. The maximum absolute atomic E-state index is 12.3. The zero-order chi connectivity index (χ0) is 19.5. The molecule has 0 fully saturated rings. The number of nitrogens with zero attached hydrogens (tertiary/aromatic N) is 2. The van der Waals surface area contributed by atoms with Crippen molar-refractivity contribution in [2.75, 3.05) is 0 Å². The van der Waals surface area contributed by atoms with E-state index in [1.165, 1.54) is 6.21 Å². The van der Waals surface area contributed by atoms with Gasteiger partial charge in [0, 0.05) is 11.1 Å². The molecule has 3 aromatic carbocycles. The Labute approximate surface area is 171 Å². The number of aromatic amines is 1. The number of rotatable bonds is 4. The van der Waals surface area contributed by atoms with Gasteiger partial charge in [0.25, 0.3) is 5.91 Å². The molecule has 2 N–H and O–H groups in total. The molecule has 4 rings (SSSR count). The van der Waals surface area contributed by atoms with Gasteiger partial charge in [0.05, 0.1) is 22.0 Å². The zero-order valence-corrected chi connectivity index (χ0v) is 16.0. The third-order valence-electron chi connectivity index (χ3n) is 4.23. The number of carbonyl (C=O) groups excluding carboxylic acids is 1. The lowest BCUT2D eigenvalue weighted by atomic mass is 10.1. The SMILES string of the molecule is O=C(N/N=C/c1c(Cl)cccc1Cl)c1cc(-c2ccc3ccccc3c2)n[nH]1. The molecule has 0 atom stereocenters. The van der Waals surface area contributed by atoms with Crippen molar-refractivity contribution in [2.24, 2.45) is 5.10 Å². The van der Waals surface area contributed by atoms with Gasteiger partial charge in [-0.2, -0.15) is 10.2 Å². The molecular formula is C21H14Cl2N4O. The molecule has 0 saturated heterocycles. The summed E-state index contributed by atoms with van der Waals surface area (Å²) in [6, 6.07) is 20.9. The second-order valence-electron chi connectivity index (χ2n) is 6.06. The highest BCUT2D eigenvalue weighted by Crippen LogP contribution is 2.24. The number of hydrogen-bond acceptors (Lipinski definition) is 3.